The number of aromatic amines is 1. The van der Waals surface area contributed by atoms with Gasteiger partial charge < -0.3 is 0 Å². The summed E-state index contributed by atoms with van der Waals surface area (Å²) in [4.78, 5) is 0. The van der Waals surface area contributed by atoms with Crippen LogP contribution in [0, 0.1) is 0 Å². The fourth-order valence-corrected chi connectivity index (χ4v) is 2.93. The molecule has 0 aliphatic rings. The van der Waals surface area contributed by atoms with Crippen molar-refractivity contribution < 1.29 is 0 Å². The molecular formula is C17H34N4. The molecule has 1 atom stereocenters. The summed E-state index contributed by atoms with van der Waals surface area (Å²) in [5, 5.41) is 14.3. The summed E-state index contributed by atoms with van der Waals surface area (Å²) >= 11 is 0. The van der Waals surface area contributed by atoms with Gasteiger partial charge in [0, 0.05) is 5.92 Å². The largest absolute Gasteiger partial charge is 0.243 e. The fraction of sp³-hybridized carbons (Fsp3) is 0.941. The van der Waals surface area contributed by atoms with Crippen LogP contribution in [0.1, 0.15) is 109 Å². The summed E-state index contributed by atoms with van der Waals surface area (Å²) in [6.07, 6.45) is 17.7. The van der Waals surface area contributed by atoms with E-state index in [1.807, 2.05) is 0 Å². The molecule has 0 saturated carbocycles. The normalized spacial score (nSPS) is 12.7. The van der Waals surface area contributed by atoms with Crippen molar-refractivity contribution in [2.75, 3.05) is 0 Å². The third-order valence-electron chi connectivity index (χ3n) is 4.40. The second-order valence-electron chi connectivity index (χ2n) is 6.22. The molecule has 0 amide bonds. The molecule has 1 N–H and O–H groups in total. The molecule has 1 aromatic rings. The SMILES string of the molecule is CCCCCCCCCCCCCC(CC)c1nnn[nH]1. The summed E-state index contributed by atoms with van der Waals surface area (Å²) in [5.41, 5.74) is 0. The number of hydrogen-bond donors (Lipinski definition) is 1. The zero-order valence-electron chi connectivity index (χ0n) is 14.1. The average Bonchev–Trinajstić information content (AvgIpc) is 3.03. The van der Waals surface area contributed by atoms with E-state index in [0.29, 0.717) is 5.92 Å². The second-order valence-corrected chi connectivity index (χ2v) is 6.22. The number of H-pyrrole nitrogens is 1. The van der Waals surface area contributed by atoms with Crippen molar-refractivity contribution in [1.29, 1.82) is 0 Å². The molecule has 1 rings (SSSR count). The number of rotatable bonds is 14. The molecule has 0 radical (unpaired) electrons. The lowest BCUT2D eigenvalue weighted by atomic mass is 9.97. The predicted octanol–water partition coefficient (Wildman–Crippen LogP) is 5.39. The van der Waals surface area contributed by atoms with Crippen LogP contribution < -0.4 is 0 Å². The zero-order valence-corrected chi connectivity index (χ0v) is 14.1. The van der Waals surface area contributed by atoms with Gasteiger partial charge in [0.1, 0.15) is 0 Å². The first-order valence-electron chi connectivity index (χ1n) is 9.12. The quantitative estimate of drug-likeness (QED) is 0.468. The monoisotopic (exact) mass is 294 g/mol. The van der Waals surface area contributed by atoms with Crippen LogP contribution in [0.15, 0.2) is 0 Å². The Labute approximate surface area is 130 Å². The van der Waals surface area contributed by atoms with Gasteiger partial charge in [0.15, 0.2) is 5.82 Å². The van der Waals surface area contributed by atoms with Crippen molar-refractivity contribution in [2.45, 2.75) is 103 Å². The van der Waals surface area contributed by atoms with E-state index in [4.69, 9.17) is 0 Å². The smallest absolute Gasteiger partial charge is 0.151 e. The van der Waals surface area contributed by atoms with Crippen LogP contribution in [0.2, 0.25) is 0 Å². The number of hydrogen-bond acceptors (Lipinski definition) is 3. The molecule has 21 heavy (non-hydrogen) atoms. The van der Waals surface area contributed by atoms with Gasteiger partial charge in [0.2, 0.25) is 0 Å². The topological polar surface area (TPSA) is 54.5 Å². The van der Waals surface area contributed by atoms with Gasteiger partial charge in [-0.3, -0.25) is 0 Å². The van der Waals surface area contributed by atoms with Gasteiger partial charge in [0.25, 0.3) is 0 Å². The summed E-state index contributed by atoms with van der Waals surface area (Å²) in [5.74, 6) is 1.48. The molecule has 1 heterocycles. The molecule has 1 unspecified atom stereocenters. The highest BCUT2D eigenvalue weighted by Crippen LogP contribution is 2.22. The van der Waals surface area contributed by atoms with Crippen molar-refractivity contribution in [1.82, 2.24) is 20.6 Å². The molecule has 0 aliphatic carbocycles. The summed E-state index contributed by atoms with van der Waals surface area (Å²) in [6.45, 7) is 4.49. The standard InChI is InChI=1S/C17H34N4/c1-3-5-6-7-8-9-10-11-12-13-14-15-16(4-2)17-18-20-21-19-17/h16H,3-15H2,1-2H3,(H,18,19,20,21). The minimum absolute atomic E-state index is 0.513. The van der Waals surface area contributed by atoms with Crippen molar-refractivity contribution in [3.63, 3.8) is 0 Å². The first kappa shape index (κ1) is 18.1. The molecule has 122 valence electrons. The molecule has 0 aliphatic heterocycles. The number of aromatic nitrogens is 4. The second kappa shape index (κ2) is 12.8. The van der Waals surface area contributed by atoms with Gasteiger partial charge in [-0.2, -0.15) is 0 Å². The summed E-state index contributed by atoms with van der Waals surface area (Å²) in [6, 6.07) is 0. The number of nitrogens with one attached hydrogen (secondary N) is 1. The molecule has 0 spiro atoms. The number of unbranched alkanes of at least 4 members (excludes halogenated alkanes) is 10. The van der Waals surface area contributed by atoms with E-state index >= 15 is 0 Å². The van der Waals surface area contributed by atoms with Crippen LogP contribution in [-0.4, -0.2) is 20.6 Å². The van der Waals surface area contributed by atoms with Crippen molar-refractivity contribution in [3.8, 4) is 0 Å². The Morgan fingerprint density at radius 3 is 1.86 bits per heavy atom. The van der Waals surface area contributed by atoms with Crippen LogP contribution in [0.25, 0.3) is 0 Å². The average molecular weight is 294 g/mol. The van der Waals surface area contributed by atoms with Gasteiger partial charge in [-0.05, 0) is 23.3 Å². The Hall–Kier alpha value is -0.930. The molecule has 4 heteroatoms. The van der Waals surface area contributed by atoms with Gasteiger partial charge in [-0.1, -0.05) is 84.5 Å². The first-order chi connectivity index (χ1) is 10.4. The Balaban J connectivity index is 1.88. The van der Waals surface area contributed by atoms with Crippen LogP contribution in [0.3, 0.4) is 0 Å². The van der Waals surface area contributed by atoms with Crippen LogP contribution in [-0.2, 0) is 0 Å². The van der Waals surface area contributed by atoms with Crippen LogP contribution in [0.5, 0.6) is 0 Å². The van der Waals surface area contributed by atoms with E-state index in [1.165, 1.54) is 77.0 Å². The zero-order chi connectivity index (χ0) is 15.2. The molecule has 0 aromatic carbocycles. The Morgan fingerprint density at radius 1 is 0.810 bits per heavy atom. The van der Waals surface area contributed by atoms with Crippen molar-refractivity contribution in [3.05, 3.63) is 5.82 Å². The number of tetrazole rings is 1. The van der Waals surface area contributed by atoms with Crippen molar-refractivity contribution in [2.24, 2.45) is 0 Å². The van der Waals surface area contributed by atoms with E-state index < -0.39 is 0 Å². The minimum Gasteiger partial charge on any atom is -0.243 e. The molecule has 0 saturated heterocycles. The van der Waals surface area contributed by atoms with Crippen molar-refractivity contribution >= 4 is 0 Å². The van der Waals surface area contributed by atoms with Crippen LogP contribution >= 0.6 is 0 Å². The van der Waals surface area contributed by atoms with E-state index in [1.54, 1.807) is 0 Å². The Morgan fingerprint density at radius 2 is 1.38 bits per heavy atom. The highest BCUT2D eigenvalue weighted by molar-refractivity contribution is 4.89. The number of nitrogens with zero attached hydrogens (tertiary/aromatic N) is 3. The lowest BCUT2D eigenvalue weighted by molar-refractivity contribution is 0.504. The maximum absolute atomic E-state index is 4.04. The van der Waals surface area contributed by atoms with Gasteiger partial charge in [-0.25, -0.2) is 5.10 Å². The van der Waals surface area contributed by atoms with E-state index in [2.05, 4.69) is 34.5 Å². The molecule has 0 fully saturated rings. The molecular weight excluding hydrogens is 260 g/mol. The lowest BCUT2D eigenvalue weighted by Crippen LogP contribution is -2.00. The summed E-state index contributed by atoms with van der Waals surface area (Å²) in [7, 11) is 0. The maximum Gasteiger partial charge on any atom is 0.151 e. The highest BCUT2D eigenvalue weighted by Gasteiger charge is 2.12. The van der Waals surface area contributed by atoms with Gasteiger partial charge >= 0.3 is 0 Å². The third-order valence-corrected chi connectivity index (χ3v) is 4.40. The fourth-order valence-electron chi connectivity index (χ4n) is 2.93. The minimum atomic E-state index is 0.513. The highest BCUT2D eigenvalue weighted by atomic mass is 15.5. The van der Waals surface area contributed by atoms with Crippen LogP contribution in [0.4, 0.5) is 0 Å². The van der Waals surface area contributed by atoms with Gasteiger partial charge in [-0.15, -0.1) is 5.10 Å². The molecule has 4 nitrogen and oxygen atoms in total. The van der Waals surface area contributed by atoms with Gasteiger partial charge in [0.05, 0.1) is 0 Å². The molecule has 0 bridgehead atoms. The molecule has 1 aromatic heterocycles. The maximum atomic E-state index is 4.04. The third kappa shape index (κ3) is 8.84. The van der Waals surface area contributed by atoms with E-state index in [0.717, 1.165) is 12.2 Å². The first-order valence-corrected chi connectivity index (χ1v) is 9.12. The van der Waals surface area contributed by atoms with E-state index in [-0.39, 0.29) is 0 Å². The Kier molecular flexibility index (Phi) is 11.0. The van der Waals surface area contributed by atoms with E-state index in [9.17, 15) is 0 Å². The predicted molar refractivity (Wildman–Crippen MR) is 88.3 cm³/mol. The summed E-state index contributed by atoms with van der Waals surface area (Å²) < 4.78 is 0. The lowest BCUT2D eigenvalue weighted by Gasteiger charge is -2.10. The Bertz CT molecular complexity index is 311.